The molecule has 2 aliphatic carbocycles. The molecule has 0 bridgehead atoms. The number of hydrogen-bond acceptors (Lipinski definition) is 12. The maximum Gasteiger partial charge on any atom is 0.227 e. The van der Waals surface area contributed by atoms with Crippen LogP contribution < -0.4 is 11.1 Å². The number of nitrogen functional groups attached to an aromatic ring is 1. The van der Waals surface area contributed by atoms with Crippen LogP contribution in [0.25, 0.3) is 22.5 Å². The Labute approximate surface area is 442 Å². The second-order valence-corrected chi connectivity index (χ2v) is 20.5. The smallest absolute Gasteiger partial charge is 0.227 e. The van der Waals surface area contributed by atoms with E-state index in [1.54, 1.807) is 35.7 Å². The molecule has 4 aliphatic rings. The van der Waals surface area contributed by atoms with Crippen molar-refractivity contribution in [3.63, 3.8) is 0 Å². The van der Waals surface area contributed by atoms with Gasteiger partial charge in [-0.25, -0.2) is 19.9 Å². The van der Waals surface area contributed by atoms with E-state index < -0.39 is 0 Å². The van der Waals surface area contributed by atoms with E-state index in [2.05, 4.69) is 73.8 Å². The SMILES string of the molecule is C.CC(C)OC1CN(C(=O)CC2CCCCc3cc(-c4ccnc(Cl)n4)ccc32)C1.CCn1cc(N)cn1.CCn1cc(Nc2nccc(-c3ccc4c(c3)CCCCC4CC(=O)N3CC(OC(C)C)C3)n2)cn1. The molecular formula is C57H77ClN12O4. The first-order valence-electron chi connectivity index (χ1n) is 26.3. The summed E-state index contributed by atoms with van der Waals surface area (Å²) in [6.45, 7) is 16.8. The highest BCUT2D eigenvalue weighted by molar-refractivity contribution is 6.28. The van der Waals surface area contributed by atoms with Crippen molar-refractivity contribution in [3.05, 3.63) is 113 Å². The summed E-state index contributed by atoms with van der Waals surface area (Å²) in [7, 11) is 0. The van der Waals surface area contributed by atoms with E-state index in [1.165, 1.54) is 22.3 Å². The van der Waals surface area contributed by atoms with E-state index in [9.17, 15) is 9.59 Å². The van der Waals surface area contributed by atoms with Gasteiger partial charge in [-0.15, -0.1) is 0 Å². The number of ether oxygens (including phenoxy) is 2. The van der Waals surface area contributed by atoms with Crippen LogP contribution in [-0.4, -0.2) is 112 Å². The summed E-state index contributed by atoms with van der Waals surface area (Å²) in [5.41, 5.74) is 16.1. The van der Waals surface area contributed by atoms with Crippen LogP contribution in [-0.2, 0) is 45.0 Å². The minimum Gasteiger partial charge on any atom is -0.396 e. The van der Waals surface area contributed by atoms with Crippen molar-refractivity contribution >= 4 is 40.7 Å². The van der Waals surface area contributed by atoms with Crippen LogP contribution in [0.5, 0.6) is 0 Å². The van der Waals surface area contributed by atoms with E-state index in [4.69, 9.17) is 31.8 Å². The van der Waals surface area contributed by atoms with Crippen molar-refractivity contribution in [3.8, 4) is 22.5 Å². The number of carbonyl (C=O) groups is 2. The molecule has 2 fully saturated rings. The number of fused-ring (bicyclic) bond motifs is 2. The fourth-order valence-electron chi connectivity index (χ4n) is 10.2. The molecule has 0 saturated carbocycles. The Hall–Kier alpha value is -6.23. The van der Waals surface area contributed by atoms with Gasteiger partial charge in [0, 0.05) is 88.0 Å². The molecule has 10 rings (SSSR count). The molecule has 4 aromatic heterocycles. The molecule has 2 aliphatic heterocycles. The molecule has 2 atom stereocenters. The summed E-state index contributed by atoms with van der Waals surface area (Å²) in [6, 6.07) is 16.9. The third kappa shape index (κ3) is 15.0. The highest BCUT2D eigenvalue weighted by Crippen LogP contribution is 2.38. The molecule has 2 saturated heterocycles. The average molecular weight is 1030 g/mol. The van der Waals surface area contributed by atoms with E-state index in [0.29, 0.717) is 18.8 Å². The van der Waals surface area contributed by atoms with E-state index in [0.717, 1.165) is 125 Å². The zero-order chi connectivity index (χ0) is 51.4. The first kappa shape index (κ1) is 55.5. The van der Waals surface area contributed by atoms with Gasteiger partial charge in [0.15, 0.2) is 0 Å². The first-order chi connectivity index (χ1) is 35.3. The number of aryl methyl sites for hydroxylation is 4. The van der Waals surface area contributed by atoms with Crippen molar-refractivity contribution in [2.75, 3.05) is 37.2 Å². The second-order valence-electron chi connectivity index (χ2n) is 20.1. The first-order valence-corrected chi connectivity index (χ1v) is 26.7. The molecule has 2 amide bonds. The Balaban J connectivity index is 0.000000188. The molecule has 396 valence electrons. The number of amides is 2. The molecule has 0 spiro atoms. The van der Waals surface area contributed by atoms with E-state index >= 15 is 0 Å². The van der Waals surface area contributed by atoms with Gasteiger partial charge >= 0.3 is 0 Å². The summed E-state index contributed by atoms with van der Waals surface area (Å²) in [6.07, 6.45) is 21.4. The third-order valence-corrected chi connectivity index (χ3v) is 14.1. The summed E-state index contributed by atoms with van der Waals surface area (Å²) in [5, 5.41) is 11.7. The Morgan fingerprint density at radius 2 is 1.19 bits per heavy atom. The number of hydrogen-bond donors (Lipinski definition) is 2. The van der Waals surface area contributed by atoms with Crippen LogP contribution in [0.4, 0.5) is 17.3 Å². The lowest BCUT2D eigenvalue weighted by Crippen LogP contribution is -2.55. The molecule has 16 nitrogen and oxygen atoms in total. The lowest BCUT2D eigenvalue weighted by atomic mass is 9.88. The number of carbonyl (C=O) groups excluding carboxylic acids is 2. The van der Waals surface area contributed by atoms with Crippen LogP contribution in [0, 0.1) is 0 Å². The average Bonchev–Trinajstić information content (AvgIpc) is 3.89. The number of benzene rings is 2. The highest BCUT2D eigenvalue weighted by atomic mass is 35.5. The lowest BCUT2D eigenvalue weighted by molar-refractivity contribution is -0.149. The number of nitrogens with two attached hydrogens (primary N) is 1. The van der Waals surface area contributed by atoms with Crippen molar-refractivity contribution in [1.82, 2.24) is 49.3 Å². The van der Waals surface area contributed by atoms with Gasteiger partial charge in [-0.3, -0.25) is 19.0 Å². The molecule has 0 radical (unpaired) electrons. The second kappa shape index (κ2) is 26.3. The molecular weight excluding hydrogens is 952 g/mol. The van der Waals surface area contributed by atoms with Gasteiger partial charge in [-0.1, -0.05) is 44.5 Å². The van der Waals surface area contributed by atoms with Crippen molar-refractivity contribution in [1.29, 1.82) is 0 Å². The van der Waals surface area contributed by atoms with Crippen LogP contribution in [0.15, 0.2) is 85.7 Å². The number of aromatic nitrogens is 8. The molecule has 3 N–H and O–H groups in total. The fourth-order valence-corrected chi connectivity index (χ4v) is 10.3. The third-order valence-electron chi connectivity index (χ3n) is 13.9. The van der Waals surface area contributed by atoms with Crippen LogP contribution in [0.1, 0.15) is 134 Å². The molecule has 74 heavy (non-hydrogen) atoms. The minimum atomic E-state index is 0. The van der Waals surface area contributed by atoms with E-state index in [1.807, 2.05) is 67.4 Å². The Bertz CT molecular complexity index is 2770. The predicted molar refractivity (Wildman–Crippen MR) is 293 cm³/mol. The zero-order valence-electron chi connectivity index (χ0n) is 43.4. The largest absolute Gasteiger partial charge is 0.396 e. The van der Waals surface area contributed by atoms with Gasteiger partial charge in [0.05, 0.1) is 59.6 Å². The summed E-state index contributed by atoms with van der Waals surface area (Å²) < 4.78 is 15.3. The van der Waals surface area contributed by atoms with Gasteiger partial charge in [0.2, 0.25) is 23.0 Å². The van der Waals surface area contributed by atoms with Gasteiger partial charge in [-0.05, 0) is 150 Å². The molecule has 2 aromatic carbocycles. The van der Waals surface area contributed by atoms with Gasteiger partial charge in [0.1, 0.15) is 0 Å². The fraction of sp³-hybridized carbons (Fsp3) is 0.509. The Kier molecular flexibility index (Phi) is 19.7. The van der Waals surface area contributed by atoms with Gasteiger partial charge < -0.3 is 30.3 Å². The monoisotopic (exact) mass is 1030 g/mol. The zero-order valence-corrected chi connectivity index (χ0v) is 44.2. The maximum absolute atomic E-state index is 13.0. The van der Waals surface area contributed by atoms with Gasteiger partial charge in [0.25, 0.3) is 0 Å². The minimum absolute atomic E-state index is 0. The molecule has 2 unspecified atom stereocenters. The number of anilines is 3. The lowest BCUT2D eigenvalue weighted by Gasteiger charge is -2.40. The van der Waals surface area contributed by atoms with E-state index in [-0.39, 0.29) is 60.8 Å². The number of rotatable bonds is 14. The summed E-state index contributed by atoms with van der Waals surface area (Å²) >= 11 is 5.96. The number of nitrogens with zero attached hydrogens (tertiary/aromatic N) is 10. The maximum atomic E-state index is 13.0. The molecule has 6 heterocycles. The molecule has 17 heteroatoms. The highest BCUT2D eigenvalue weighted by Gasteiger charge is 2.35. The van der Waals surface area contributed by atoms with Crippen LogP contribution in [0.3, 0.4) is 0 Å². The van der Waals surface area contributed by atoms with Gasteiger partial charge in [-0.2, -0.15) is 10.2 Å². The summed E-state index contributed by atoms with van der Waals surface area (Å²) in [5.74, 6) is 1.60. The standard InChI is InChI=1S/C28H36N6O2.C23H28ClN3O2.C5H9N3.CH4/c1-4-34-16-23(15-30-34)31-28-29-12-11-26(32-28)22-9-10-25-20(13-22)7-5-6-8-21(25)14-27(35)33-17-24(18-33)36-19(2)3;1-15(2)29-19-13-27(14-19)22(28)12-17-6-4-3-5-16-11-18(7-8-20(16)17)21-9-10-25-23(24)26-21;1-2-8-4-5(6)3-7-8;/h9-13,15-16,19,21,24H,4-8,14,17-18H2,1-3H3,(H,29,31,32);7-11,15,17,19H,3-6,12-14H2,1-2H3;3-4H,2,6H2,1H3;1H4. The van der Waals surface area contributed by atoms with Crippen molar-refractivity contribution < 1.29 is 19.1 Å². The van der Waals surface area contributed by atoms with Crippen LogP contribution in [0.2, 0.25) is 5.28 Å². The molecule has 6 aromatic rings. The number of likely N-dealkylation sites (tertiary alicyclic amines) is 2. The normalized spacial score (nSPS) is 17.5. The Morgan fingerprint density at radius 3 is 1.65 bits per heavy atom. The Morgan fingerprint density at radius 1 is 0.689 bits per heavy atom. The van der Waals surface area contributed by atoms with Crippen molar-refractivity contribution in [2.24, 2.45) is 0 Å². The topological polar surface area (TPSA) is 184 Å². The summed E-state index contributed by atoms with van der Waals surface area (Å²) in [4.78, 5) is 47.1. The number of halogens is 1. The van der Waals surface area contributed by atoms with Crippen LogP contribution >= 0.6 is 11.6 Å². The van der Waals surface area contributed by atoms with Crippen molar-refractivity contribution in [2.45, 2.75) is 163 Å². The number of nitrogens with one attached hydrogen (secondary N) is 1. The quantitative estimate of drug-likeness (QED) is 0.0778. The predicted octanol–water partition coefficient (Wildman–Crippen LogP) is 10.7.